The molecule has 3 aromatic rings. The van der Waals surface area contributed by atoms with Gasteiger partial charge in [0.2, 0.25) is 0 Å². The van der Waals surface area contributed by atoms with Crippen LogP contribution in [0.15, 0.2) is 72.9 Å². The quantitative estimate of drug-likeness (QED) is 0.456. The number of hydrogen-bond acceptors (Lipinski definition) is 3. The minimum atomic E-state index is 0.0349. The third-order valence-corrected chi connectivity index (χ3v) is 5.86. The number of hydrogen-bond donors (Lipinski definition) is 0. The smallest absolute Gasteiger partial charge is 0.158 e. The molecule has 2 atom stereocenters. The highest BCUT2D eigenvalue weighted by Crippen LogP contribution is 2.59. The Labute approximate surface area is 176 Å². The Balaban J connectivity index is 0.000000568. The number of fused-ring (bicyclic) bond motifs is 5. The van der Waals surface area contributed by atoms with Gasteiger partial charge in [0.1, 0.15) is 6.17 Å². The Morgan fingerprint density at radius 1 is 0.793 bits per heavy atom. The van der Waals surface area contributed by atoms with Crippen molar-refractivity contribution in [2.75, 3.05) is 9.80 Å². The summed E-state index contributed by atoms with van der Waals surface area (Å²) in [4.78, 5) is 9.66. The molecule has 0 aliphatic carbocycles. The van der Waals surface area contributed by atoms with Crippen LogP contribution < -0.4 is 9.80 Å². The van der Waals surface area contributed by atoms with Gasteiger partial charge in [-0.3, -0.25) is 0 Å². The maximum atomic E-state index is 4.76. The topological polar surface area (TPSA) is 19.4 Å². The van der Waals surface area contributed by atoms with E-state index in [4.69, 9.17) is 4.98 Å². The number of pyridine rings is 1. The molecular weight excluding hydrogens is 354 g/mol. The molecule has 0 saturated carbocycles. The molecule has 2 aliphatic heterocycles. The molecule has 0 saturated heterocycles. The van der Waals surface area contributed by atoms with Crippen molar-refractivity contribution in [1.29, 1.82) is 0 Å². The zero-order chi connectivity index (χ0) is 21.0. The minimum Gasteiger partial charge on any atom is -0.316 e. The molecule has 1 aromatic heterocycles. The fraction of sp³-hybridized carbons (Fsp3) is 0.346. The summed E-state index contributed by atoms with van der Waals surface area (Å²) in [5.74, 6) is 1.06. The second-order valence-corrected chi connectivity index (χ2v) is 7.08. The van der Waals surface area contributed by atoms with Gasteiger partial charge in [-0.15, -0.1) is 0 Å². The van der Waals surface area contributed by atoms with Crippen LogP contribution in [0.3, 0.4) is 0 Å². The van der Waals surface area contributed by atoms with E-state index in [1.807, 2.05) is 40.0 Å². The van der Waals surface area contributed by atoms with Gasteiger partial charge in [0.15, 0.2) is 5.82 Å². The van der Waals surface area contributed by atoms with Gasteiger partial charge >= 0.3 is 0 Å². The average Bonchev–Trinajstić information content (AvgIpc) is 3.29. The molecule has 3 nitrogen and oxygen atoms in total. The highest BCUT2D eigenvalue weighted by atomic mass is 15.5. The lowest BCUT2D eigenvalue weighted by molar-refractivity contribution is 0.396. The first kappa shape index (κ1) is 20.9. The summed E-state index contributed by atoms with van der Waals surface area (Å²) in [6.45, 7) is 12.7. The number of para-hydroxylation sites is 2. The fourth-order valence-corrected chi connectivity index (χ4v) is 4.49. The van der Waals surface area contributed by atoms with Crippen LogP contribution in [0, 0.1) is 0 Å². The van der Waals surface area contributed by atoms with Gasteiger partial charge < -0.3 is 9.80 Å². The molecule has 0 N–H and O–H groups in total. The predicted molar refractivity (Wildman–Crippen MR) is 126 cm³/mol. The van der Waals surface area contributed by atoms with Crippen molar-refractivity contribution < 1.29 is 0 Å². The molecule has 2 aliphatic rings. The lowest BCUT2D eigenvalue weighted by Gasteiger charge is -2.38. The fourth-order valence-electron chi connectivity index (χ4n) is 4.49. The Morgan fingerprint density at radius 3 is 2.10 bits per heavy atom. The van der Waals surface area contributed by atoms with Gasteiger partial charge in [-0.25, -0.2) is 4.98 Å². The third kappa shape index (κ3) is 3.09. The monoisotopic (exact) mass is 387 g/mol. The van der Waals surface area contributed by atoms with Gasteiger partial charge in [0.25, 0.3) is 0 Å². The lowest BCUT2D eigenvalue weighted by Crippen LogP contribution is -2.47. The van der Waals surface area contributed by atoms with Crippen LogP contribution in [0.25, 0.3) is 0 Å². The van der Waals surface area contributed by atoms with Crippen LogP contribution in [0.4, 0.5) is 22.9 Å². The number of aromatic nitrogens is 1. The summed E-state index contributed by atoms with van der Waals surface area (Å²) in [6.07, 6.45) is 3.18. The van der Waals surface area contributed by atoms with E-state index in [0.717, 1.165) is 12.2 Å². The van der Waals surface area contributed by atoms with Gasteiger partial charge in [0, 0.05) is 23.0 Å². The predicted octanol–water partition coefficient (Wildman–Crippen LogP) is 7.43. The molecule has 29 heavy (non-hydrogen) atoms. The Kier molecular flexibility index (Phi) is 6.26. The highest BCUT2D eigenvalue weighted by Gasteiger charge is 2.55. The SMILES string of the molecule is CC.CC.CCC1(C)c2ccccc2N2c3ncccc3N(c3ccccc3)C21. The summed E-state index contributed by atoms with van der Waals surface area (Å²) in [7, 11) is 0. The van der Waals surface area contributed by atoms with E-state index in [1.54, 1.807) is 0 Å². The molecule has 5 rings (SSSR count). The van der Waals surface area contributed by atoms with E-state index in [1.165, 1.54) is 22.6 Å². The van der Waals surface area contributed by atoms with Crippen molar-refractivity contribution in [1.82, 2.24) is 4.98 Å². The summed E-state index contributed by atoms with van der Waals surface area (Å²) >= 11 is 0. The molecule has 3 heterocycles. The van der Waals surface area contributed by atoms with E-state index in [9.17, 15) is 0 Å². The molecule has 2 aromatic carbocycles. The normalized spacial score (nSPS) is 20.6. The van der Waals surface area contributed by atoms with Crippen LogP contribution in [-0.2, 0) is 5.41 Å². The molecule has 0 spiro atoms. The average molecular weight is 388 g/mol. The molecule has 152 valence electrons. The van der Waals surface area contributed by atoms with Crippen molar-refractivity contribution in [2.24, 2.45) is 0 Å². The second kappa shape index (κ2) is 8.69. The highest BCUT2D eigenvalue weighted by molar-refractivity contribution is 5.90. The molecule has 3 heteroatoms. The van der Waals surface area contributed by atoms with Crippen molar-refractivity contribution in [3.63, 3.8) is 0 Å². The Bertz CT molecular complexity index is 922. The summed E-state index contributed by atoms with van der Waals surface area (Å²) < 4.78 is 0. The van der Waals surface area contributed by atoms with Crippen molar-refractivity contribution in [3.8, 4) is 0 Å². The number of rotatable bonds is 2. The lowest BCUT2D eigenvalue weighted by atomic mass is 9.79. The summed E-state index contributed by atoms with van der Waals surface area (Å²) in [6, 6.07) is 23.7. The summed E-state index contributed by atoms with van der Waals surface area (Å²) in [5, 5.41) is 0. The molecule has 0 fully saturated rings. The number of anilines is 4. The molecule has 2 unspecified atom stereocenters. The minimum absolute atomic E-state index is 0.0349. The van der Waals surface area contributed by atoms with Crippen LogP contribution in [-0.4, -0.2) is 11.1 Å². The molecule has 0 bridgehead atoms. The standard InChI is InChI=1S/C22H21N3.2C2H6/c1-3-22(2)17-12-7-8-13-18(17)25-20-19(14-9-15-23-20)24(21(22)25)16-10-5-4-6-11-16;2*1-2/h4-15,21H,3H2,1-2H3;2*1-2H3. The van der Waals surface area contributed by atoms with Gasteiger partial charge in [0.05, 0.1) is 5.69 Å². The first-order chi connectivity index (χ1) is 14.3. The van der Waals surface area contributed by atoms with Crippen molar-refractivity contribution >= 4 is 22.9 Å². The maximum absolute atomic E-state index is 4.76. The first-order valence-electron chi connectivity index (χ1n) is 10.9. The zero-order valence-corrected chi connectivity index (χ0v) is 18.6. The Hall–Kier alpha value is -2.81. The van der Waals surface area contributed by atoms with Crippen molar-refractivity contribution in [3.05, 3.63) is 78.5 Å². The second-order valence-electron chi connectivity index (χ2n) is 7.08. The maximum Gasteiger partial charge on any atom is 0.158 e. The third-order valence-electron chi connectivity index (χ3n) is 5.86. The molecule has 0 radical (unpaired) electrons. The van der Waals surface area contributed by atoms with E-state index in [2.05, 4.69) is 84.3 Å². The molecular formula is C26H33N3. The van der Waals surface area contributed by atoms with E-state index in [-0.39, 0.29) is 11.6 Å². The van der Waals surface area contributed by atoms with E-state index < -0.39 is 0 Å². The van der Waals surface area contributed by atoms with Crippen LogP contribution >= 0.6 is 0 Å². The summed E-state index contributed by atoms with van der Waals surface area (Å²) in [5.41, 5.74) is 5.15. The zero-order valence-electron chi connectivity index (χ0n) is 18.6. The number of nitrogens with zero attached hydrogens (tertiary/aromatic N) is 3. The van der Waals surface area contributed by atoms with Gasteiger partial charge in [-0.2, -0.15) is 0 Å². The Morgan fingerprint density at radius 2 is 1.41 bits per heavy atom. The first-order valence-corrected chi connectivity index (χ1v) is 10.9. The van der Waals surface area contributed by atoms with Crippen LogP contribution in [0.1, 0.15) is 53.5 Å². The van der Waals surface area contributed by atoms with E-state index >= 15 is 0 Å². The van der Waals surface area contributed by atoms with Gasteiger partial charge in [-0.1, -0.05) is 77.9 Å². The van der Waals surface area contributed by atoms with Crippen molar-refractivity contribution in [2.45, 2.75) is 59.5 Å². The van der Waals surface area contributed by atoms with E-state index in [0.29, 0.717) is 0 Å². The van der Waals surface area contributed by atoms with Gasteiger partial charge in [-0.05, 0) is 42.3 Å². The largest absolute Gasteiger partial charge is 0.316 e. The number of benzene rings is 2. The molecule has 0 amide bonds. The van der Waals surface area contributed by atoms with Crippen LogP contribution in [0.5, 0.6) is 0 Å². The van der Waals surface area contributed by atoms with Crippen LogP contribution in [0.2, 0.25) is 0 Å².